The lowest BCUT2D eigenvalue weighted by Gasteiger charge is -2.25. The number of ether oxygens (including phenoxy) is 1. The van der Waals surface area contributed by atoms with E-state index in [1.54, 1.807) is 12.1 Å². The third-order valence-electron chi connectivity index (χ3n) is 4.71. The summed E-state index contributed by atoms with van der Waals surface area (Å²) in [4.78, 5) is 49.5. The molecule has 2 heterocycles. The molecule has 2 atom stereocenters. The second-order valence-corrected chi connectivity index (χ2v) is 7.87. The lowest BCUT2D eigenvalue weighted by atomic mass is 10.2. The van der Waals surface area contributed by atoms with Crippen LogP contribution in [0, 0.1) is 0 Å². The number of nitrogens with zero attached hydrogens (tertiary/aromatic N) is 1. The summed E-state index contributed by atoms with van der Waals surface area (Å²) in [5.41, 5.74) is 0. The molecule has 10 heteroatoms. The monoisotopic (exact) mass is 409 g/mol. The second kappa shape index (κ2) is 9.13. The van der Waals surface area contributed by atoms with Gasteiger partial charge in [0.05, 0.1) is 6.26 Å². The summed E-state index contributed by atoms with van der Waals surface area (Å²) in [5, 5.41) is 4.45. The van der Waals surface area contributed by atoms with E-state index in [9.17, 15) is 19.2 Å². The Kier molecular flexibility index (Phi) is 6.61. The van der Waals surface area contributed by atoms with Crippen LogP contribution in [0.1, 0.15) is 43.7 Å². The number of esters is 1. The summed E-state index contributed by atoms with van der Waals surface area (Å²) in [6.45, 7) is 0.775. The van der Waals surface area contributed by atoms with Crippen molar-refractivity contribution >= 4 is 35.6 Å². The Bertz CT molecular complexity index is 732. The molecule has 1 aromatic heterocycles. The first-order valence-corrected chi connectivity index (χ1v) is 10.2. The molecule has 4 amide bonds. The molecule has 1 aliphatic carbocycles. The Hall–Kier alpha value is -2.49. The number of imide groups is 1. The molecule has 1 aliphatic heterocycles. The molecule has 3 rings (SSSR count). The smallest absolute Gasteiger partial charge is 0.330 e. The predicted molar refractivity (Wildman–Crippen MR) is 100 cm³/mol. The van der Waals surface area contributed by atoms with Crippen LogP contribution in [0.3, 0.4) is 0 Å². The summed E-state index contributed by atoms with van der Waals surface area (Å²) in [6, 6.07) is 2.11. The predicted octanol–water partition coefficient (Wildman–Crippen LogP) is 1.55. The number of thioether (sulfide) groups is 1. The number of urea groups is 1. The molecule has 152 valence electrons. The Balaban J connectivity index is 1.49. The van der Waals surface area contributed by atoms with Crippen molar-refractivity contribution in [1.82, 2.24) is 15.5 Å². The van der Waals surface area contributed by atoms with E-state index in [2.05, 4.69) is 10.6 Å². The minimum Gasteiger partial charge on any atom is -0.466 e. The molecule has 0 spiro atoms. The molecule has 9 nitrogen and oxygen atoms in total. The van der Waals surface area contributed by atoms with Crippen molar-refractivity contribution in [2.45, 2.75) is 50.1 Å². The average Bonchev–Trinajstić information content (AvgIpc) is 3.38. The first kappa shape index (κ1) is 20.2. The van der Waals surface area contributed by atoms with Crippen molar-refractivity contribution < 1.29 is 28.3 Å². The van der Waals surface area contributed by atoms with Crippen molar-refractivity contribution in [3.63, 3.8) is 0 Å². The number of carbonyl (C=O) groups is 4. The van der Waals surface area contributed by atoms with E-state index in [-0.39, 0.29) is 11.9 Å². The zero-order valence-electron chi connectivity index (χ0n) is 15.5. The van der Waals surface area contributed by atoms with Crippen LogP contribution in [0.4, 0.5) is 4.79 Å². The maximum absolute atomic E-state index is 12.4. The maximum Gasteiger partial charge on any atom is 0.330 e. The van der Waals surface area contributed by atoms with Crippen molar-refractivity contribution in [3.05, 3.63) is 24.2 Å². The molecule has 2 aliphatic rings. The number of nitrogens with one attached hydrogen (secondary N) is 2. The third-order valence-corrected chi connectivity index (χ3v) is 5.99. The van der Waals surface area contributed by atoms with Gasteiger partial charge in [-0.25, -0.2) is 9.59 Å². The van der Waals surface area contributed by atoms with Gasteiger partial charge >= 0.3 is 12.0 Å². The summed E-state index contributed by atoms with van der Waals surface area (Å²) < 4.78 is 10.4. The largest absolute Gasteiger partial charge is 0.466 e. The fraction of sp³-hybridized carbons (Fsp3) is 0.556. The van der Waals surface area contributed by atoms with Crippen LogP contribution in [-0.2, 0) is 19.1 Å². The van der Waals surface area contributed by atoms with Crippen LogP contribution in [-0.4, -0.2) is 53.2 Å². The minimum atomic E-state index is -0.822. The van der Waals surface area contributed by atoms with Gasteiger partial charge < -0.3 is 19.4 Å². The summed E-state index contributed by atoms with van der Waals surface area (Å²) in [5.74, 6) is -0.812. The quantitative estimate of drug-likeness (QED) is 0.709. The lowest BCUT2D eigenvalue weighted by Crippen LogP contribution is -2.46. The van der Waals surface area contributed by atoms with E-state index < -0.39 is 35.9 Å². The van der Waals surface area contributed by atoms with Crippen molar-refractivity contribution in [1.29, 1.82) is 0 Å². The van der Waals surface area contributed by atoms with Crippen molar-refractivity contribution in [3.8, 4) is 0 Å². The highest BCUT2D eigenvalue weighted by atomic mass is 32.2. The van der Waals surface area contributed by atoms with Crippen LogP contribution in [0.25, 0.3) is 0 Å². The average molecular weight is 409 g/mol. The molecule has 2 fully saturated rings. The number of furan rings is 1. The van der Waals surface area contributed by atoms with Gasteiger partial charge in [0, 0.05) is 18.7 Å². The van der Waals surface area contributed by atoms with Crippen molar-refractivity contribution in [2.75, 3.05) is 12.4 Å². The minimum absolute atomic E-state index is 0.0773. The Morgan fingerprint density at radius 3 is 2.68 bits per heavy atom. The molecule has 28 heavy (non-hydrogen) atoms. The van der Waals surface area contributed by atoms with Gasteiger partial charge in [-0.3, -0.25) is 14.9 Å². The van der Waals surface area contributed by atoms with Crippen LogP contribution in [0.2, 0.25) is 0 Å². The zero-order valence-corrected chi connectivity index (χ0v) is 16.3. The summed E-state index contributed by atoms with van der Waals surface area (Å²) in [7, 11) is 0. The number of amides is 4. The van der Waals surface area contributed by atoms with Gasteiger partial charge in [-0.05, 0) is 25.0 Å². The van der Waals surface area contributed by atoms with Gasteiger partial charge in [0.2, 0.25) is 5.91 Å². The van der Waals surface area contributed by atoms with Crippen LogP contribution < -0.4 is 10.6 Å². The van der Waals surface area contributed by atoms with Crippen molar-refractivity contribution in [2.24, 2.45) is 0 Å². The second-order valence-electron chi connectivity index (χ2n) is 6.75. The topological polar surface area (TPSA) is 118 Å². The zero-order chi connectivity index (χ0) is 20.1. The van der Waals surface area contributed by atoms with Crippen LogP contribution in [0.15, 0.2) is 22.8 Å². The SMILES string of the molecule is CC(=O)N1[C@@H](c2ccco2)SC[C@H]1C(=O)OCC(=O)NC(=O)NC1CCCC1. The first-order chi connectivity index (χ1) is 13.5. The molecule has 0 bridgehead atoms. The Labute approximate surface area is 166 Å². The molecule has 0 unspecified atom stereocenters. The highest BCUT2D eigenvalue weighted by molar-refractivity contribution is 7.99. The summed E-state index contributed by atoms with van der Waals surface area (Å²) >= 11 is 1.38. The van der Waals surface area contributed by atoms with E-state index in [0.717, 1.165) is 25.7 Å². The number of hydrogen-bond acceptors (Lipinski definition) is 7. The maximum atomic E-state index is 12.4. The fourth-order valence-electron chi connectivity index (χ4n) is 3.41. The Morgan fingerprint density at radius 1 is 1.29 bits per heavy atom. The van der Waals surface area contributed by atoms with E-state index in [0.29, 0.717) is 11.5 Å². The number of rotatable bonds is 5. The van der Waals surface area contributed by atoms with Gasteiger partial charge in [-0.15, -0.1) is 11.8 Å². The van der Waals surface area contributed by atoms with Gasteiger partial charge in [0.15, 0.2) is 6.61 Å². The van der Waals surface area contributed by atoms with E-state index in [1.165, 1.54) is 29.8 Å². The molecule has 0 aromatic carbocycles. The highest BCUT2D eigenvalue weighted by Crippen LogP contribution is 2.41. The normalized spacial score (nSPS) is 22.1. The number of carbonyl (C=O) groups excluding carboxylic acids is 4. The lowest BCUT2D eigenvalue weighted by molar-refractivity contribution is -0.156. The molecule has 1 aromatic rings. The van der Waals surface area contributed by atoms with E-state index in [4.69, 9.17) is 9.15 Å². The highest BCUT2D eigenvalue weighted by Gasteiger charge is 2.43. The van der Waals surface area contributed by atoms with E-state index in [1.807, 2.05) is 0 Å². The molecule has 2 N–H and O–H groups in total. The fourth-order valence-corrected chi connectivity index (χ4v) is 4.83. The van der Waals surface area contributed by atoms with Gasteiger partial charge in [0.25, 0.3) is 5.91 Å². The van der Waals surface area contributed by atoms with E-state index >= 15 is 0 Å². The molecule has 1 saturated carbocycles. The summed E-state index contributed by atoms with van der Waals surface area (Å²) in [6.07, 6.45) is 5.41. The number of hydrogen-bond donors (Lipinski definition) is 2. The van der Waals surface area contributed by atoms with Crippen LogP contribution >= 0.6 is 11.8 Å². The van der Waals surface area contributed by atoms with Crippen LogP contribution in [0.5, 0.6) is 0 Å². The molecule has 0 radical (unpaired) electrons. The van der Waals surface area contributed by atoms with Gasteiger partial charge in [-0.2, -0.15) is 0 Å². The molecule has 1 saturated heterocycles. The standard InChI is InChI=1S/C18H23N3O6S/c1-11(22)21-13(10-28-16(21)14-7-4-8-26-14)17(24)27-9-15(23)20-18(25)19-12-5-2-3-6-12/h4,7-8,12-13,16H,2-3,5-6,9-10H2,1H3,(H2,19,20,23,25)/t13-,16+/m0/s1. The third kappa shape index (κ3) is 4.86. The van der Waals surface area contributed by atoms with Gasteiger partial charge in [0.1, 0.15) is 17.2 Å². The van der Waals surface area contributed by atoms with Gasteiger partial charge in [-0.1, -0.05) is 12.8 Å². The Morgan fingerprint density at radius 2 is 2.04 bits per heavy atom. The molecular weight excluding hydrogens is 386 g/mol. The molecular formula is C18H23N3O6S. The first-order valence-electron chi connectivity index (χ1n) is 9.16.